The maximum absolute atomic E-state index is 11.7. The normalized spacial score (nSPS) is 13.6. The highest BCUT2D eigenvalue weighted by Crippen LogP contribution is 2.27. The summed E-state index contributed by atoms with van der Waals surface area (Å²) in [4.78, 5) is 36.5. The summed E-state index contributed by atoms with van der Waals surface area (Å²) < 4.78 is 73.7. The zero-order valence-corrected chi connectivity index (χ0v) is 19.6. The van der Waals surface area contributed by atoms with Crippen molar-refractivity contribution in [1.29, 1.82) is 0 Å². The molecule has 1 aliphatic heterocycles. The molecule has 39 heavy (non-hydrogen) atoms. The quantitative estimate of drug-likeness (QED) is 0.385. The Morgan fingerprint density at radius 2 is 1.41 bits per heavy atom. The molecule has 212 valence electrons. The van der Waals surface area contributed by atoms with Crippen LogP contribution in [-0.2, 0) is 29.0 Å². The van der Waals surface area contributed by atoms with Crippen LogP contribution in [0.4, 0.5) is 26.3 Å². The van der Waals surface area contributed by atoms with E-state index in [1.54, 1.807) is 24.7 Å². The van der Waals surface area contributed by atoms with E-state index in [0.29, 0.717) is 11.3 Å². The van der Waals surface area contributed by atoms with Gasteiger partial charge >= 0.3 is 30.3 Å². The molecule has 0 bridgehead atoms. The number of hydrogen-bond donors (Lipinski definition) is 3. The molecule has 4 rings (SSSR count). The molecule has 16 heteroatoms. The first-order valence-corrected chi connectivity index (χ1v) is 10.7. The van der Waals surface area contributed by atoms with Gasteiger partial charge in [0.1, 0.15) is 0 Å². The van der Waals surface area contributed by atoms with Gasteiger partial charge in [0.15, 0.2) is 0 Å². The van der Waals surface area contributed by atoms with Crippen LogP contribution in [0.25, 0.3) is 11.3 Å². The number of carboxylic acid groups (broad SMARTS) is 3. The number of halogens is 6. The standard InChI is InChI=1S/C19H18N2O4.2C2HF3O2/c22-19(23)16-9-14-1-5-21(10-13-3-7-24-11-13)6-2-17(14)20-18(16)15-4-8-25-12-15;2*3-2(4,5)1(6)7/h3-4,7-9,11-12H,1-2,5-6,10H2,(H,22,23);2*(H,6,7). The van der Waals surface area contributed by atoms with Gasteiger partial charge in [-0.1, -0.05) is 0 Å². The van der Waals surface area contributed by atoms with Crippen LogP contribution < -0.4 is 0 Å². The Kier molecular flexibility index (Phi) is 10.3. The number of rotatable bonds is 4. The molecule has 3 aromatic rings. The highest BCUT2D eigenvalue weighted by Gasteiger charge is 2.38. The molecule has 0 fully saturated rings. The number of carbonyl (C=O) groups is 3. The van der Waals surface area contributed by atoms with Crippen molar-refractivity contribution in [3.63, 3.8) is 0 Å². The van der Waals surface area contributed by atoms with E-state index in [4.69, 9.17) is 28.6 Å². The van der Waals surface area contributed by atoms with Crippen LogP contribution in [0, 0.1) is 0 Å². The predicted molar refractivity (Wildman–Crippen MR) is 118 cm³/mol. The smallest absolute Gasteiger partial charge is 0.478 e. The molecule has 4 heterocycles. The van der Waals surface area contributed by atoms with Gasteiger partial charge in [-0.05, 0) is 30.2 Å². The molecule has 10 nitrogen and oxygen atoms in total. The molecular formula is C23H20F6N2O8. The van der Waals surface area contributed by atoms with Crippen LogP contribution in [0.2, 0.25) is 0 Å². The van der Waals surface area contributed by atoms with Gasteiger partial charge in [-0.15, -0.1) is 0 Å². The molecule has 0 spiro atoms. The first-order valence-electron chi connectivity index (χ1n) is 10.7. The lowest BCUT2D eigenvalue weighted by Gasteiger charge is -2.18. The lowest BCUT2D eigenvalue weighted by atomic mass is 10.0. The summed E-state index contributed by atoms with van der Waals surface area (Å²) in [6, 6.07) is 5.48. The number of aromatic nitrogens is 1. The summed E-state index contributed by atoms with van der Waals surface area (Å²) in [6.07, 6.45) is -2.09. The van der Waals surface area contributed by atoms with Gasteiger partial charge in [-0.3, -0.25) is 9.88 Å². The zero-order valence-electron chi connectivity index (χ0n) is 19.6. The second-order valence-corrected chi connectivity index (χ2v) is 7.82. The van der Waals surface area contributed by atoms with Crippen LogP contribution in [0.15, 0.2) is 52.1 Å². The van der Waals surface area contributed by atoms with E-state index in [1.165, 1.54) is 12.5 Å². The first kappa shape index (κ1) is 30.9. The average molecular weight is 566 g/mol. The van der Waals surface area contributed by atoms with Crippen molar-refractivity contribution in [2.45, 2.75) is 31.7 Å². The molecule has 0 amide bonds. The number of aromatic carboxylic acids is 1. The molecule has 1 aliphatic rings. The van der Waals surface area contributed by atoms with E-state index in [-0.39, 0.29) is 5.56 Å². The van der Waals surface area contributed by atoms with E-state index in [9.17, 15) is 36.2 Å². The molecule has 0 unspecified atom stereocenters. The highest BCUT2D eigenvalue weighted by molar-refractivity contribution is 5.95. The highest BCUT2D eigenvalue weighted by atomic mass is 19.4. The molecule has 0 radical (unpaired) electrons. The summed E-state index contributed by atoms with van der Waals surface area (Å²) in [5, 5.41) is 23.8. The van der Waals surface area contributed by atoms with Crippen molar-refractivity contribution in [3.05, 3.63) is 65.6 Å². The molecule has 0 atom stereocenters. The third-order valence-corrected chi connectivity index (χ3v) is 5.05. The van der Waals surface area contributed by atoms with Gasteiger partial charge in [0.25, 0.3) is 0 Å². The van der Waals surface area contributed by atoms with E-state index in [2.05, 4.69) is 9.88 Å². The number of carboxylic acids is 3. The fraction of sp³-hybridized carbons (Fsp3) is 0.304. The SMILES string of the molecule is O=C(O)C(F)(F)F.O=C(O)C(F)(F)F.O=C(O)c1cc2c(nc1-c1ccoc1)CCN(Cc1ccoc1)CC2. The molecule has 0 saturated heterocycles. The first-order chi connectivity index (χ1) is 18.1. The van der Waals surface area contributed by atoms with Gasteiger partial charge in [0.2, 0.25) is 0 Å². The Labute approximate surface area is 215 Å². The Bertz CT molecular complexity index is 1230. The van der Waals surface area contributed by atoms with E-state index >= 15 is 0 Å². The summed E-state index contributed by atoms with van der Waals surface area (Å²) in [5.41, 5.74) is 4.52. The minimum atomic E-state index is -5.08. The number of pyridine rings is 1. The Morgan fingerprint density at radius 3 is 1.87 bits per heavy atom. The largest absolute Gasteiger partial charge is 0.490 e. The lowest BCUT2D eigenvalue weighted by molar-refractivity contribution is -0.193. The molecule has 0 saturated carbocycles. The minimum absolute atomic E-state index is 0.225. The van der Waals surface area contributed by atoms with Gasteiger partial charge in [0.05, 0.1) is 36.3 Å². The number of alkyl halides is 6. The number of furan rings is 2. The third kappa shape index (κ3) is 9.48. The molecule has 3 aromatic heterocycles. The monoisotopic (exact) mass is 566 g/mol. The summed E-state index contributed by atoms with van der Waals surface area (Å²) in [7, 11) is 0. The Balaban J connectivity index is 0.000000317. The van der Waals surface area contributed by atoms with E-state index in [1.807, 2.05) is 6.07 Å². The van der Waals surface area contributed by atoms with E-state index < -0.39 is 30.3 Å². The van der Waals surface area contributed by atoms with Crippen molar-refractivity contribution in [2.24, 2.45) is 0 Å². The number of nitrogens with zero attached hydrogens (tertiary/aromatic N) is 2. The van der Waals surface area contributed by atoms with Gasteiger partial charge in [-0.25, -0.2) is 14.4 Å². The fourth-order valence-corrected chi connectivity index (χ4v) is 3.26. The van der Waals surface area contributed by atoms with E-state index in [0.717, 1.165) is 49.3 Å². The van der Waals surface area contributed by atoms with Crippen LogP contribution in [0.5, 0.6) is 0 Å². The third-order valence-electron chi connectivity index (χ3n) is 5.05. The van der Waals surface area contributed by atoms with Crippen molar-refractivity contribution >= 4 is 17.9 Å². The second kappa shape index (κ2) is 12.9. The number of hydrogen-bond acceptors (Lipinski definition) is 7. The Hall–Kier alpha value is -4.34. The van der Waals surface area contributed by atoms with Crippen molar-refractivity contribution < 1.29 is 64.9 Å². The predicted octanol–water partition coefficient (Wildman–Crippen LogP) is 4.50. The maximum atomic E-state index is 11.7. The van der Waals surface area contributed by atoms with Gasteiger partial charge in [0, 0.05) is 42.9 Å². The molecule has 0 aromatic carbocycles. The number of aliphatic carboxylic acids is 2. The summed E-state index contributed by atoms with van der Waals surface area (Å²) in [5.74, 6) is -6.48. The number of fused-ring (bicyclic) bond motifs is 1. The topological polar surface area (TPSA) is 154 Å². The Morgan fingerprint density at radius 1 is 0.872 bits per heavy atom. The van der Waals surface area contributed by atoms with Crippen LogP contribution in [-0.4, -0.2) is 68.6 Å². The van der Waals surface area contributed by atoms with Crippen molar-refractivity contribution in [1.82, 2.24) is 9.88 Å². The minimum Gasteiger partial charge on any atom is -0.478 e. The van der Waals surface area contributed by atoms with Crippen LogP contribution in [0.3, 0.4) is 0 Å². The van der Waals surface area contributed by atoms with Crippen LogP contribution >= 0.6 is 0 Å². The van der Waals surface area contributed by atoms with Crippen molar-refractivity contribution in [3.8, 4) is 11.3 Å². The van der Waals surface area contributed by atoms with Crippen molar-refractivity contribution in [2.75, 3.05) is 13.1 Å². The lowest BCUT2D eigenvalue weighted by Crippen LogP contribution is -2.25. The summed E-state index contributed by atoms with van der Waals surface area (Å²) in [6.45, 7) is 2.57. The van der Waals surface area contributed by atoms with Crippen LogP contribution in [0.1, 0.15) is 27.2 Å². The van der Waals surface area contributed by atoms with Gasteiger partial charge in [-0.2, -0.15) is 26.3 Å². The molecule has 3 N–H and O–H groups in total. The molecular weight excluding hydrogens is 546 g/mol. The zero-order chi connectivity index (χ0) is 29.4. The second-order valence-electron chi connectivity index (χ2n) is 7.82. The summed E-state index contributed by atoms with van der Waals surface area (Å²) >= 11 is 0. The fourth-order valence-electron chi connectivity index (χ4n) is 3.26. The average Bonchev–Trinajstić information content (AvgIpc) is 3.51. The van der Waals surface area contributed by atoms with Gasteiger partial charge < -0.3 is 24.2 Å². The molecule has 0 aliphatic carbocycles. The maximum Gasteiger partial charge on any atom is 0.490 e.